The summed E-state index contributed by atoms with van der Waals surface area (Å²) in [4.78, 5) is 17.0. The van der Waals surface area contributed by atoms with Crippen LogP contribution in [0.1, 0.15) is 20.8 Å². The van der Waals surface area contributed by atoms with Crippen LogP contribution < -0.4 is 19.1 Å². The zero-order valence-corrected chi connectivity index (χ0v) is 17.9. The van der Waals surface area contributed by atoms with Gasteiger partial charge in [-0.25, -0.2) is 0 Å². The minimum Gasteiger partial charge on any atom is -0.497 e. The molecule has 2 aromatic rings. The number of hydrogen-bond donors (Lipinski definition) is 0. The van der Waals surface area contributed by atoms with Crippen molar-refractivity contribution in [3.63, 3.8) is 0 Å². The van der Waals surface area contributed by atoms with Crippen LogP contribution in [-0.2, 0) is 4.79 Å². The average molecular weight is 401 g/mol. The summed E-state index contributed by atoms with van der Waals surface area (Å²) < 4.78 is 16.5. The lowest BCUT2D eigenvalue weighted by atomic mass is 10.2. The van der Waals surface area contributed by atoms with Crippen LogP contribution >= 0.6 is 0 Å². The molecule has 0 aliphatic rings. The number of rotatable bonds is 12. The maximum atomic E-state index is 13.0. The van der Waals surface area contributed by atoms with Crippen molar-refractivity contribution >= 4 is 11.6 Å². The first-order valence-electron chi connectivity index (χ1n) is 10.1. The lowest BCUT2D eigenvalue weighted by Gasteiger charge is -2.27. The maximum absolute atomic E-state index is 13.0. The summed E-state index contributed by atoms with van der Waals surface area (Å²) in [5, 5.41) is 0. The van der Waals surface area contributed by atoms with Gasteiger partial charge in [0.2, 0.25) is 0 Å². The molecule has 0 unspecified atom stereocenters. The van der Waals surface area contributed by atoms with E-state index in [4.69, 9.17) is 14.2 Å². The van der Waals surface area contributed by atoms with Crippen molar-refractivity contribution in [2.24, 2.45) is 0 Å². The summed E-state index contributed by atoms with van der Waals surface area (Å²) in [6.07, 6.45) is 0. The summed E-state index contributed by atoms with van der Waals surface area (Å²) >= 11 is 0. The van der Waals surface area contributed by atoms with Gasteiger partial charge in [0.25, 0.3) is 5.91 Å². The van der Waals surface area contributed by atoms with E-state index in [1.165, 1.54) is 0 Å². The van der Waals surface area contributed by atoms with Gasteiger partial charge in [-0.2, -0.15) is 0 Å². The van der Waals surface area contributed by atoms with Gasteiger partial charge in [0.15, 0.2) is 6.61 Å². The molecule has 6 heteroatoms. The van der Waals surface area contributed by atoms with Gasteiger partial charge in [-0.3, -0.25) is 4.79 Å². The second kappa shape index (κ2) is 12.0. The molecule has 29 heavy (non-hydrogen) atoms. The van der Waals surface area contributed by atoms with Crippen molar-refractivity contribution in [1.82, 2.24) is 4.90 Å². The van der Waals surface area contributed by atoms with Gasteiger partial charge in [-0.15, -0.1) is 0 Å². The van der Waals surface area contributed by atoms with E-state index in [-0.39, 0.29) is 12.5 Å². The fourth-order valence-electron chi connectivity index (χ4n) is 2.98. The van der Waals surface area contributed by atoms with E-state index in [0.717, 1.165) is 36.8 Å². The van der Waals surface area contributed by atoms with Crippen molar-refractivity contribution in [1.29, 1.82) is 0 Å². The van der Waals surface area contributed by atoms with Crippen LogP contribution in [0, 0.1) is 0 Å². The van der Waals surface area contributed by atoms with Crippen LogP contribution in [0.25, 0.3) is 0 Å². The van der Waals surface area contributed by atoms with E-state index in [2.05, 4.69) is 18.7 Å². The van der Waals surface area contributed by atoms with Gasteiger partial charge in [0, 0.05) is 24.8 Å². The molecule has 0 atom stereocenters. The molecule has 0 N–H and O–H groups in total. The van der Waals surface area contributed by atoms with Gasteiger partial charge < -0.3 is 24.0 Å². The van der Waals surface area contributed by atoms with Crippen LogP contribution in [-0.4, -0.2) is 57.3 Å². The molecule has 0 aliphatic heterocycles. The molecule has 0 bridgehead atoms. The van der Waals surface area contributed by atoms with Crippen molar-refractivity contribution in [2.75, 3.05) is 51.4 Å². The Kier molecular flexibility index (Phi) is 9.31. The summed E-state index contributed by atoms with van der Waals surface area (Å²) in [7, 11) is 1.62. The third-order valence-corrected chi connectivity index (χ3v) is 4.70. The monoisotopic (exact) mass is 400 g/mol. The zero-order chi connectivity index (χ0) is 21.1. The fraction of sp³-hybridized carbons (Fsp3) is 0.435. The van der Waals surface area contributed by atoms with Crippen molar-refractivity contribution in [2.45, 2.75) is 20.8 Å². The Morgan fingerprint density at radius 1 is 0.862 bits per heavy atom. The van der Waals surface area contributed by atoms with Crippen molar-refractivity contribution in [3.05, 3.63) is 48.5 Å². The number of nitrogens with zero attached hydrogens (tertiary/aromatic N) is 2. The molecule has 6 nitrogen and oxygen atoms in total. The highest BCUT2D eigenvalue weighted by molar-refractivity contribution is 5.94. The zero-order valence-electron chi connectivity index (χ0n) is 17.9. The molecule has 0 saturated heterocycles. The molecular weight excluding hydrogens is 368 g/mol. The third-order valence-electron chi connectivity index (χ3n) is 4.70. The number of amides is 1. The van der Waals surface area contributed by atoms with Crippen LogP contribution in [0.4, 0.5) is 5.69 Å². The van der Waals surface area contributed by atoms with E-state index in [1.54, 1.807) is 12.0 Å². The number of carbonyl (C=O) groups is 1. The SMILES string of the molecule is CCOc1ccc(OCC(=O)N(CCN(CC)CC)c2cccc(OC)c2)cc1. The first-order chi connectivity index (χ1) is 14.1. The van der Waals surface area contributed by atoms with Gasteiger partial charge >= 0.3 is 0 Å². The Bertz CT molecular complexity index is 745. The molecule has 2 aromatic carbocycles. The van der Waals surface area contributed by atoms with Crippen molar-refractivity contribution in [3.8, 4) is 17.2 Å². The lowest BCUT2D eigenvalue weighted by molar-refractivity contribution is -0.120. The van der Waals surface area contributed by atoms with Crippen molar-refractivity contribution < 1.29 is 19.0 Å². The molecule has 0 radical (unpaired) electrons. The quantitative estimate of drug-likeness (QED) is 0.542. The van der Waals surface area contributed by atoms with Gasteiger partial charge in [0.1, 0.15) is 17.2 Å². The molecule has 0 heterocycles. The van der Waals surface area contributed by atoms with Crippen LogP contribution in [0.5, 0.6) is 17.2 Å². The average Bonchev–Trinajstić information content (AvgIpc) is 2.76. The van der Waals surface area contributed by atoms with Gasteiger partial charge in [0.05, 0.1) is 13.7 Å². The molecule has 0 saturated carbocycles. The summed E-state index contributed by atoms with van der Waals surface area (Å²) in [5.41, 5.74) is 0.803. The molecule has 0 aromatic heterocycles. The van der Waals surface area contributed by atoms with Gasteiger partial charge in [-0.05, 0) is 56.4 Å². The highest BCUT2D eigenvalue weighted by Gasteiger charge is 2.18. The number of methoxy groups -OCH3 is 1. The predicted octanol–water partition coefficient (Wildman–Crippen LogP) is 3.85. The fourth-order valence-corrected chi connectivity index (χ4v) is 2.98. The Morgan fingerprint density at radius 2 is 1.52 bits per heavy atom. The highest BCUT2D eigenvalue weighted by atomic mass is 16.5. The summed E-state index contributed by atoms with van der Waals surface area (Å²) in [6.45, 7) is 10.0. The van der Waals surface area contributed by atoms with E-state index >= 15 is 0 Å². The Balaban J connectivity index is 2.08. The summed E-state index contributed by atoms with van der Waals surface area (Å²) in [5.74, 6) is 2.04. The molecule has 0 fully saturated rings. The van der Waals surface area contributed by atoms with Gasteiger partial charge in [-0.1, -0.05) is 19.9 Å². The molecule has 0 spiro atoms. The van der Waals surface area contributed by atoms with Crippen LogP contribution in [0.15, 0.2) is 48.5 Å². The number of benzene rings is 2. The number of carbonyl (C=O) groups excluding carboxylic acids is 1. The first kappa shape index (κ1) is 22.6. The molecular formula is C23H32N2O4. The van der Waals surface area contributed by atoms with Crippen LogP contribution in [0.2, 0.25) is 0 Å². The number of likely N-dealkylation sites (N-methyl/N-ethyl adjacent to an activating group) is 1. The maximum Gasteiger partial charge on any atom is 0.264 e. The molecule has 0 aliphatic carbocycles. The number of ether oxygens (including phenoxy) is 3. The van der Waals surface area contributed by atoms with E-state index in [0.29, 0.717) is 18.9 Å². The summed E-state index contributed by atoms with van der Waals surface area (Å²) in [6, 6.07) is 14.8. The minimum absolute atomic E-state index is 0.0383. The topological polar surface area (TPSA) is 51.2 Å². The minimum atomic E-state index is -0.0979. The standard InChI is InChI=1S/C23H32N2O4/c1-5-24(6-2)15-16-25(19-9-8-10-22(17-19)27-4)23(26)18-29-21-13-11-20(12-14-21)28-7-3/h8-14,17H,5-7,15-16,18H2,1-4H3. The second-order valence-corrected chi connectivity index (χ2v) is 6.47. The Morgan fingerprint density at radius 3 is 2.10 bits per heavy atom. The normalized spacial score (nSPS) is 10.7. The smallest absolute Gasteiger partial charge is 0.264 e. The Hall–Kier alpha value is -2.73. The highest BCUT2D eigenvalue weighted by Crippen LogP contribution is 2.22. The third kappa shape index (κ3) is 6.98. The molecule has 158 valence electrons. The first-order valence-corrected chi connectivity index (χ1v) is 10.1. The number of hydrogen-bond acceptors (Lipinski definition) is 5. The van der Waals surface area contributed by atoms with E-state index in [9.17, 15) is 4.79 Å². The van der Waals surface area contributed by atoms with Crippen LogP contribution in [0.3, 0.4) is 0 Å². The molecule has 1 amide bonds. The largest absolute Gasteiger partial charge is 0.497 e. The lowest BCUT2D eigenvalue weighted by Crippen LogP contribution is -2.41. The predicted molar refractivity (Wildman–Crippen MR) is 116 cm³/mol. The van der Waals surface area contributed by atoms with E-state index < -0.39 is 0 Å². The molecule has 2 rings (SSSR count). The van der Waals surface area contributed by atoms with E-state index in [1.807, 2.05) is 55.5 Å². The Labute approximate surface area is 174 Å². The number of anilines is 1. The second-order valence-electron chi connectivity index (χ2n) is 6.47.